The summed E-state index contributed by atoms with van der Waals surface area (Å²) in [5, 5.41) is 16.5. The first-order valence-electron chi connectivity index (χ1n) is 12.2. The molecule has 2 aromatic rings. The van der Waals surface area contributed by atoms with E-state index in [9.17, 15) is 19.0 Å². The molecule has 1 atom stereocenters. The zero-order valence-corrected chi connectivity index (χ0v) is 22.3. The summed E-state index contributed by atoms with van der Waals surface area (Å²) in [6, 6.07) is 11.0. The van der Waals surface area contributed by atoms with Crippen molar-refractivity contribution in [2.75, 3.05) is 32.8 Å². The zero-order chi connectivity index (χ0) is 28.3. The predicted octanol–water partition coefficient (Wildman–Crippen LogP) is 2.45. The first-order valence-corrected chi connectivity index (χ1v) is 13.7. The first-order chi connectivity index (χ1) is 18.7. The van der Waals surface area contributed by atoms with Crippen molar-refractivity contribution in [3.63, 3.8) is 0 Å². The van der Waals surface area contributed by atoms with Gasteiger partial charge in [-0.05, 0) is 56.2 Å². The number of nitrogens with one attached hydrogen (secondary N) is 2. The second-order valence-electron chi connectivity index (χ2n) is 8.35. The van der Waals surface area contributed by atoms with Gasteiger partial charge >= 0.3 is 7.82 Å². The highest BCUT2D eigenvalue weighted by molar-refractivity contribution is 7.47. The highest BCUT2D eigenvalue weighted by Crippen LogP contribution is 2.43. The number of ether oxygens (including phenoxy) is 1. The maximum atomic E-state index is 12.5. The molecule has 3 rings (SSSR count). The number of amides is 2. The van der Waals surface area contributed by atoms with E-state index in [2.05, 4.69) is 20.4 Å². The van der Waals surface area contributed by atoms with Crippen LogP contribution in [0, 0.1) is 0 Å². The van der Waals surface area contributed by atoms with E-state index < -0.39 is 7.82 Å². The van der Waals surface area contributed by atoms with E-state index in [-0.39, 0.29) is 43.2 Å². The molecular weight excluding hydrogens is 529 g/mol. The fourth-order valence-corrected chi connectivity index (χ4v) is 4.23. The van der Waals surface area contributed by atoms with Crippen molar-refractivity contribution in [2.24, 2.45) is 10.9 Å². The Hall–Kier alpha value is -3.90. The number of oxime groups is 1. The van der Waals surface area contributed by atoms with Crippen molar-refractivity contribution in [3.8, 4) is 5.75 Å². The second-order valence-corrected chi connectivity index (χ2v) is 9.76. The third kappa shape index (κ3) is 9.11. The number of carbonyl (C=O) groups is 2. The molecule has 13 nitrogen and oxygen atoms in total. The van der Waals surface area contributed by atoms with Gasteiger partial charge in [-0.25, -0.2) is 9.57 Å². The van der Waals surface area contributed by atoms with E-state index in [1.807, 2.05) is 5.01 Å². The summed E-state index contributed by atoms with van der Waals surface area (Å²) in [5.41, 5.74) is 10.2. The molecule has 1 aliphatic heterocycles. The second kappa shape index (κ2) is 14.3. The van der Waals surface area contributed by atoms with Gasteiger partial charge in [-0.2, -0.15) is 0 Å². The van der Waals surface area contributed by atoms with E-state index in [0.717, 1.165) is 32.2 Å². The molecule has 6 N–H and O–H groups in total. The van der Waals surface area contributed by atoms with Crippen molar-refractivity contribution >= 4 is 31.5 Å². The van der Waals surface area contributed by atoms with Gasteiger partial charge in [0.05, 0.1) is 19.4 Å². The maximum Gasteiger partial charge on any atom is 0.526 e. The Morgan fingerprint density at radius 3 is 2.38 bits per heavy atom. The fraction of sp³-hybridized carbons (Fsp3) is 0.320. The van der Waals surface area contributed by atoms with Gasteiger partial charge in [0.25, 0.3) is 11.8 Å². The SMILES string of the molecule is CCOP(=O)(O)OC=Cc1ccc(C(N)=NO)cc1OCCNC(=O)c1ccc(C(=O)NN2CCCC2)cc1. The van der Waals surface area contributed by atoms with Gasteiger partial charge in [0.2, 0.25) is 0 Å². The van der Waals surface area contributed by atoms with E-state index in [1.54, 1.807) is 43.3 Å². The lowest BCUT2D eigenvalue weighted by atomic mass is 10.1. The maximum absolute atomic E-state index is 12.5. The van der Waals surface area contributed by atoms with Crippen LogP contribution in [0.15, 0.2) is 53.9 Å². The lowest BCUT2D eigenvalue weighted by molar-refractivity contribution is 0.0824. The number of hydrazine groups is 1. The minimum atomic E-state index is -4.23. The number of amidine groups is 1. The molecule has 210 valence electrons. The molecule has 0 bridgehead atoms. The predicted molar refractivity (Wildman–Crippen MR) is 143 cm³/mol. The van der Waals surface area contributed by atoms with Gasteiger partial charge < -0.3 is 25.5 Å². The third-order valence-corrected chi connectivity index (χ3v) is 6.54. The van der Waals surface area contributed by atoms with Crippen molar-refractivity contribution < 1.29 is 38.0 Å². The standard InChI is InChI=1S/C25H32N5O8P/c1-2-37-39(34,35)38-15-11-18-5-10-21(23(26)29-33)17-22(18)36-16-12-27-24(31)19-6-8-20(9-7-19)25(32)28-30-13-3-4-14-30/h5-11,15,17,33H,2-4,12-14,16H2,1H3,(H2,26,29)(H,27,31)(H,28,32)(H,34,35). The lowest BCUT2D eigenvalue weighted by Crippen LogP contribution is -2.40. The number of nitrogens with zero attached hydrogens (tertiary/aromatic N) is 2. The van der Waals surface area contributed by atoms with Crippen LogP contribution in [0.25, 0.3) is 6.08 Å². The molecule has 1 aliphatic rings. The summed E-state index contributed by atoms with van der Waals surface area (Å²) in [4.78, 5) is 34.4. The van der Waals surface area contributed by atoms with Crippen LogP contribution in [0.1, 0.15) is 51.6 Å². The van der Waals surface area contributed by atoms with Crippen LogP contribution in [0.4, 0.5) is 0 Å². The normalized spacial score (nSPS) is 15.6. The van der Waals surface area contributed by atoms with E-state index in [0.29, 0.717) is 22.3 Å². The van der Waals surface area contributed by atoms with Crippen molar-refractivity contribution in [2.45, 2.75) is 19.8 Å². The van der Waals surface area contributed by atoms with Gasteiger partial charge in [-0.1, -0.05) is 17.3 Å². The van der Waals surface area contributed by atoms with Crippen LogP contribution >= 0.6 is 7.82 Å². The number of rotatable bonds is 13. The molecule has 1 heterocycles. The number of benzene rings is 2. The Bertz CT molecular complexity index is 1250. The summed E-state index contributed by atoms with van der Waals surface area (Å²) in [6.45, 7) is 3.39. The van der Waals surface area contributed by atoms with Crippen LogP contribution in [-0.4, -0.2) is 65.6 Å². The average molecular weight is 562 g/mol. The van der Waals surface area contributed by atoms with Gasteiger partial charge in [-0.3, -0.25) is 24.4 Å². The Kier molecular flexibility index (Phi) is 10.9. The highest BCUT2D eigenvalue weighted by Gasteiger charge is 2.19. The van der Waals surface area contributed by atoms with Gasteiger partial charge in [0.15, 0.2) is 5.84 Å². The van der Waals surface area contributed by atoms with Crippen molar-refractivity contribution in [1.29, 1.82) is 0 Å². The van der Waals surface area contributed by atoms with Crippen molar-refractivity contribution in [3.05, 3.63) is 71.0 Å². The molecule has 39 heavy (non-hydrogen) atoms. The van der Waals surface area contributed by atoms with Gasteiger partial charge in [0.1, 0.15) is 12.4 Å². The Morgan fingerprint density at radius 1 is 1.10 bits per heavy atom. The number of phosphoric acid groups is 1. The smallest absolute Gasteiger partial charge is 0.491 e. The molecule has 1 fully saturated rings. The number of carbonyl (C=O) groups excluding carboxylic acids is 2. The molecule has 0 saturated carbocycles. The molecule has 0 aliphatic carbocycles. The molecule has 0 radical (unpaired) electrons. The quantitative estimate of drug-likeness (QED) is 0.0463. The van der Waals surface area contributed by atoms with Gasteiger partial charge in [-0.15, -0.1) is 0 Å². The number of phosphoric ester groups is 1. The van der Waals surface area contributed by atoms with E-state index >= 15 is 0 Å². The molecule has 0 spiro atoms. The minimum absolute atomic E-state index is 0.00557. The summed E-state index contributed by atoms with van der Waals surface area (Å²) < 4.78 is 26.9. The molecule has 2 amide bonds. The summed E-state index contributed by atoms with van der Waals surface area (Å²) in [5.74, 6) is -0.431. The van der Waals surface area contributed by atoms with Crippen molar-refractivity contribution in [1.82, 2.24) is 15.8 Å². The Morgan fingerprint density at radius 2 is 1.74 bits per heavy atom. The Balaban J connectivity index is 1.56. The summed E-state index contributed by atoms with van der Waals surface area (Å²) >= 11 is 0. The van der Waals surface area contributed by atoms with Crippen LogP contribution in [0.3, 0.4) is 0 Å². The number of nitrogens with two attached hydrogens (primary N) is 1. The van der Waals surface area contributed by atoms with Crippen LogP contribution in [-0.2, 0) is 13.6 Å². The number of hydrogen-bond donors (Lipinski definition) is 5. The third-order valence-electron chi connectivity index (χ3n) is 5.57. The minimum Gasteiger partial charge on any atom is -0.491 e. The summed E-state index contributed by atoms with van der Waals surface area (Å²) in [6.07, 6.45) is 4.48. The van der Waals surface area contributed by atoms with Crippen LogP contribution in [0.2, 0.25) is 0 Å². The molecule has 2 aromatic carbocycles. The monoisotopic (exact) mass is 561 g/mol. The van der Waals surface area contributed by atoms with E-state index in [1.165, 1.54) is 12.1 Å². The van der Waals surface area contributed by atoms with Crippen LogP contribution < -0.4 is 21.2 Å². The highest BCUT2D eigenvalue weighted by atomic mass is 31.2. The molecule has 1 saturated heterocycles. The molecule has 1 unspecified atom stereocenters. The van der Waals surface area contributed by atoms with Crippen LogP contribution in [0.5, 0.6) is 5.75 Å². The summed E-state index contributed by atoms with van der Waals surface area (Å²) in [7, 11) is -4.23. The first kappa shape index (κ1) is 29.7. The average Bonchev–Trinajstić information content (AvgIpc) is 3.44. The Labute approximate surface area is 225 Å². The fourth-order valence-electron chi connectivity index (χ4n) is 3.63. The lowest BCUT2D eigenvalue weighted by Gasteiger charge is -2.16. The van der Waals surface area contributed by atoms with E-state index in [4.69, 9.17) is 20.2 Å². The number of hydrogen-bond acceptors (Lipinski definition) is 9. The molecular formula is C25H32N5O8P. The molecule has 0 aromatic heterocycles. The van der Waals surface area contributed by atoms with Gasteiger partial charge in [0, 0.05) is 35.3 Å². The zero-order valence-electron chi connectivity index (χ0n) is 21.4. The molecule has 14 heteroatoms. The topological polar surface area (TPSA) is 185 Å². The largest absolute Gasteiger partial charge is 0.526 e.